The first-order valence-electron chi connectivity index (χ1n) is 10.7. The van der Waals surface area contributed by atoms with Crippen LogP contribution < -0.4 is 5.32 Å². The predicted octanol–water partition coefficient (Wildman–Crippen LogP) is 4.84. The number of hydrogen-bond donors (Lipinski definition) is 1. The van der Waals surface area contributed by atoms with E-state index in [4.69, 9.17) is 5.10 Å². The molecule has 4 aromatic rings. The predicted molar refractivity (Wildman–Crippen MR) is 119 cm³/mol. The van der Waals surface area contributed by atoms with E-state index in [-0.39, 0.29) is 0 Å². The number of benzene rings is 2. The average Bonchev–Trinajstić information content (AvgIpc) is 3.42. The molecule has 1 aliphatic rings. The SMILES string of the molecule is Cc1cccc(-n2ncc3c2CCC[C@@H]3NCc2cnn(-c3ccccc3)c2)c1C. The summed E-state index contributed by atoms with van der Waals surface area (Å²) in [6.45, 7) is 5.14. The van der Waals surface area contributed by atoms with Crippen LogP contribution >= 0.6 is 0 Å². The molecule has 0 radical (unpaired) electrons. The Morgan fingerprint density at radius 3 is 2.73 bits per heavy atom. The highest BCUT2D eigenvalue weighted by Gasteiger charge is 2.25. The van der Waals surface area contributed by atoms with Crippen molar-refractivity contribution >= 4 is 0 Å². The van der Waals surface area contributed by atoms with E-state index in [1.54, 1.807) is 0 Å². The van der Waals surface area contributed by atoms with Crippen LogP contribution in [0.3, 0.4) is 0 Å². The molecular formula is C25H27N5. The molecule has 0 unspecified atom stereocenters. The number of aryl methyl sites for hydroxylation is 1. The number of nitrogens with one attached hydrogen (secondary N) is 1. The summed E-state index contributed by atoms with van der Waals surface area (Å²) in [6, 6.07) is 17.0. The van der Waals surface area contributed by atoms with Gasteiger partial charge in [-0.15, -0.1) is 0 Å². The lowest BCUT2D eigenvalue weighted by atomic mass is 9.92. The number of rotatable bonds is 5. The van der Waals surface area contributed by atoms with E-state index in [1.807, 2.05) is 29.1 Å². The number of aromatic nitrogens is 4. The lowest BCUT2D eigenvalue weighted by molar-refractivity contribution is 0.454. The van der Waals surface area contributed by atoms with Crippen molar-refractivity contribution in [3.63, 3.8) is 0 Å². The zero-order chi connectivity index (χ0) is 20.5. The third-order valence-electron chi connectivity index (χ3n) is 6.20. The van der Waals surface area contributed by atoms with Gasteiger partial charge in [-0.05, 0) is 62.4 Å². The second kappa shape index (κ2) is 7.92. The van der Waals surface area contributed by atoms with Crippen LogP contribution in [0.1, 0.15) is 46.8 Å². The minimum Gasteiger partial charge on any atom is -0.306 e. The first kappa shape index (κ1) is 18.8. The van der Waals surface area contributed by atoms with Crippen molar-refractivity contribution in [2.45, 2.75) is 45.7 Å². The smallest absolute Gasteiger partial charge is 0.0680 e. The van der Waals surface area contributed by atoms with Crippen molar-refractivity contribution in [2.24, 2.45) is 0 Å². The fourth-order valence-electron chi connectivity index (χ4n) is 4.36. The van der Waals surface area contributed by atoms with Crippen molar-refractivity contribution in [3.05, 3.63) is 95.1 Å². The zero-order valence-corrected chi connectivity index (χ0v) is 17.5. The van der Waals surface area contributed by atoms with Crippen molar-refractivity contribution in [1.82, 2.24) is 24.9 Å². The summed E-state index contributed by atoms with van der Waals surface area (Å²) in [5, 5.41) is 13.0. The van der Waals surface area contributed by atoms with Gasteiger partial charge in [0.05, 0.1) is 23.8 Å². The van der Waals surface area contributed by atoms with Crippen LogP contribution in [0.15, 0.2) is 67.1 Å². The van der Waals surface area contributed by atoms with Gasteiger partial charge in [0.2, 0.25) is 0 Å². The molecule has 5 heteroatoms. The van der Waals surface area contributed by atoms with Crippen LogP contribution in [0, 0.1) is 13.8 Å². The normalized spacial score (nSPS) is 15.9. The maximum atomic E-state index is 4.78. The summed E-state index contributed by atoms with van der Waals surface area (Å²) in [5.41, 5.74) is 8.74. The molecule has 5 nitrogen and oxygen atoms in total. The highest BCUT2D eigenvalue weighted by Crippen LogP contribution is 2.32. The van der Waals surface area contributed by atoms with Crippen molar-refractivity contribution < 1.29 is 0 Å². The maximum absolute atomic E-state index is 4.78. The Balaban J connectivity index is 1.34. The van der Waals surface area contributed by atoms with Crippen LogP contribution in [-0.2, 0) is 13.0 Å². The van der Waals surface area contributed by atoms with E-state index in [2.05, 4.69) is 71.7 Å². The zero-order valence-electron chi connectivity index (χ0n) is 17.5. The van der Waals surface area contributed by atoms with Gasteiger partial charge < -0.3 is 5.32 Å². The van der Waals surface area contributed by atoms with E-state index in [9.17, 15) is 0 Å². The van der Waals surface area contributed by atoms with Gasteiger partial charge in [-0.2, -0.15) is 10.2 Å². The van der Waals surface area contributed by atoms with E-state index in [0.717, 1.165) is 25.1 Å². The largest absolute Gasteiger partial charge is 0.306 e. The molecule has 0 bridgehead atoms. The molecule has 0 saturated heterocycles. The monoisotopic (exact) mass is 397 g/mol. The summed E-state index contributed by atoms with van der Waals surface area (Å²) in [4.78, 5) is 0. The molecule has 2 aromatic heterocycles. The Labute approximate surface area is 177 Å². The Bertz CT molecular complexity index is 1160. The van der Waals surface area contributed by atoms with E-state index >= 15 is 0 Å². The van der Waals surface area contributed by atoms with Gasteiger partial charge >= 0.3 is 0 Å². The lowest BCUT2D eigenvalue weighted by Gasteiger charge is -2.24. The fourth-order valence-corrected chi connectivity index (χ4v) is 4.36. The molecule has 1 atom stereocenters. The standard InChI is InChI=1S/C25H27N5/c1-18-8-6-12-24(19(18)2)30-25-13-7-11-23(22(25)16-28-30)26-14-20-15-27-29(17-20)21-9-4-3-5-10-21/h3-6,8-10,12,15-17,23,26H,7,11,13-14H2,1-2H3/t23-/m0/s1. The van der Waals surface area contributed by atoms with Gasteiger partial charge in [0.25, 0.3) is 0 Å². The van der Waals surface area contributed by atoms with Crippen LogP contribution in [0.4, 0.5) is 0 Å². The third-order valence-corrected chi connectivity index (χ3v) is 6.20. The maximum Gasteiger partial charge on any atom is 0.0680 e. The molecule has 2 aromatic carbocycles. The lowest BCUT2D eigenvalue weighted by Crippen LogP contribution is -2.25. The van der Waals surface area contributed by atoms with E-state index in [1.165, 1.54) is 40.1 Å². The van der Waals surface area contributed by atoms with Crippen molar-refractivity contribution in [1.29, 1.82) is 0 Å². The Hall–Kier alpha value is -3.18. The number of fused-ring (bicyclic) bond motifs is 1. The summed E-state index contributed by atoms with van der Waals surface area (Å²) in [5.74, 6) is 0. The average molecular weight is 398 g/mol. The quantitative estimate of drug-likeness (QED) is 0.524. The second-order valence-corrected chi connectivity index (χ2v) is 8.13. The topological polar surface area (TPSA) is 47.7 Å². The van der Waals surface area contributed by atoms with Gasteiger partial charge in [0.1, 0.15) is 0 Å². The molecule has 30 heavy (non-hydrogen) atoms. The van der Waals surface area contributed by atoms with Crippen molar-refractivity contribution in [2.75, 3.05) is 0 Å². The molecule has 1 N–H and O–H groups in total. The molecule has 0 saturated carbocycles. The molecule has 0 spiro atoms. The number of nitrogens with zero attached hydrogens (tertiary/aromatic N) is 4. The molecule has 0 amide bonds. The summed E-state index contributed by atoms with van der Waals surface area (Å²) in [6.07, 6.45) is 9.49. The molecule has 2 heterocycles. The molecule has 1 aliphatic carbocycles. The van der Waals surface area contributed by atoms with Gasteiger partial charge in [-0.3, -0.25) is 0 Å². The van der Waals surface area contributed by atoms with Crippen LogP contribution in [0.5, 0.6) is 0 Å². The Kier molecular flexibility index (Phi) is 4.97. The molecule has 152 valence electrons. The number of para-hydroxylation sites is 1. The Morgan fingerprint density at radius 1 is 1.00 bits per heavy atom. The molecule has 0 fully saturated rings. The van der Waals surface area contributed by atoms with Crippen molar-refractivity contribution in [3.8, 4) is 11.4 Å². The highest BCUT2D eigenvalue weighted by atomic mass is 15.3. The van der Waals surface area contributed by atoms with Gasteiger partial charge in [0.15, 0.2) is 0 Å². The minimum absolute atomic E-state index is 0.327. The summed E-state index contributed by atoms with van der Waals surface area (Å²) < 4.78 is 4.08. The first-order chi connectivity index (χ1) is 14.7. The molecule has 5 rings (SSSR count). The van der Waals surface area contributed by atoms with Gasteiger partial charge in [-0.1, -0.05) is 30.3 Å². The van der Waals surface area contributed by atoms with Crippen LogP contribution in [-0.4, -0.2) is 19.6 Å². The minimum atomic E-state index is 0.327. The third kappa shape index (κ3) is 3.46. The van der Waals surface area contributed by atoms with Crippen LogP contribution in [0.25, 0.3) is 11.4 Å². The van der Waals surface area contributed by atoms with E-state index in [0.29, 0.717) is 6.04 Å². The van der Waals surface area contributed by atoms with Gasteiger partial charge in [0, 0.05) is 35.6 Å². The fraction of sp³-hybridized carbons (Fsp3) is 0.280. The van der Waals surface area contributed by atoms with E-state index < -0.39 is 0 Å². The second-order valence-electron chi connectivity index (χ2n) is 8.13. The highest BCUT2D eigenvalue weighted by molar-refractivity contribution is 5.46. The molecular weight excluding hydrogens is 370 g/mol. The summed E-state index contributed by atoms with van der Waals surface area (Å²) >= 11 is 0. The first-order valence-corrected chi connectivity index (χ1v) is 10.7. The number of hydrogen-bond acceptors (Lipinski definition) is 3. The Morgan fingerprint density at radius 2 is 1.87 bits per heavy atom. The summed E-state index contributed by atoms with van der Waals surface area (Å²) in [7, 11) is 0. The molecule has 0 aliphatic heterocycles. The van der Waals surface area contributed by atoms with Crippen LogP contribution in [0.2, 0.25) is 0 Å². The van der Waals surface area contributed by atoms with Gasteiger partial charge in [-0.25, -0.2) is 9.36 Å².